The van der Waals surface area contributed by atoms with Crippen molar-refractivity contribution < 1.29 is 4.74 Å². The van der Waals surface area contributed by atoms with Gasteiger partial charge in [-0.15, -0.1) is 0 Å². The fourth-order valence-electron chi connectivity index (χ4n) is 2.95. The van der Waals surface area contributed by atoms with Gasteiger partial charge in [-0.25, -0.2) is 4.98 Å². The van der Waals surface area contributed by atoms with Crippen LogP contribution in [0.2, 0.25) is 0 Å². The van der Waals surface area contributed by atoms with Gasteiger partial charge in [-0.05, 0) is 58.7 Å². The van der Waals surface area contributed by atoms with Gasteiger partial charge in [0.25, 0.3) is 0 Å². The van der Waals surface area contributed by atoms with Gasteiger partial charge in [-0.1, -0.05) is 0 Å². The summed E-state index contributed by atoms with van der Waals surface area (Å²) in [6.45, 7) is 0. The quantitative estimate of drug-likeness (QED) is 0.718. The second-order valence-corrected chi connectivity index (χ2v) is 4.98. The minimum atomic E-state index is 0.713. The van der Waals surface area contributed by atoms with Crippen LogP contribution in [0.4, 0.5) is 0 Å². The van der Waals surface area contributed by atoms with Gasteiger partial charge in [0.05, 0.1) is 7.11 Å². The number of nitrogens with zero attached hydrogens (tertiary/aromatic N) is 1. The average molecular weight is 254 g/mol. The first kappa shape index (κ1) is 8.72. The van der Waals surface area contributed by atoms with E-state index in [0.29, 0.717) is 5.92 Å². The number of pyridine rings is 1. The summed E-state index contributed by atoms with van der Waals surface area (Å²) in [5.41, 5.74) is 2.85. The van der Waals surface area contributed by atoms with Crippen LogP contribution in [-0.4, -0.2) is 12.1 Å². The Hall–Kier alpha value is -0.570. The smallest absolute Gasteiger partial charge is 0.217 e. The first-order chi connectivity index (χ1) is 6.79. The van der Waals surface area contributed by atoms with Crippen molar-refractivity contribution in [2.24, 2.45) is 0 Å². The molecule has 14 heavy (non-hydrogen) atoms. The molecule has 0 aliphatic heterocycles. The molecule has 0 amide bonds. The summed E-state index contributed by atoms with van der Waals surface area (Å²) >= 11 is 3.44. The molecule has 0 radical (unpaired) electrons. The third kappa shape index (κ3) is 1.05. The first-order valence-corrected chi connectivity index (χ1v) is 5.83. The Kier molecular flexibility index (Phi) is 1.84. The lowest BCUT2D eigenvalue weighted by atomic mass is 9.93. The van der Waals surface area contributed by atoms with Crippen LogP contribution in [0.15, 0.2) is 10.7 Å². The number of rotatable bonds is 1. The van der Waals surface area contributed by atoms with Crippen molar-refractivity contribution in [2.75, 3.05) is 7.11 Å². The third-order valence-corrected chi connectivity index (χ3v) is 3.90. The monoisotopic (exact) mass is 253 g/mol. The molecule has 0 aromatic carbocycles. The molecule has 2 nitrogen and oxygen atoms in total. The zero-order chi connectivity index (χ0) is 9.71. The van der Waals surface area contributed by atoms with Crippen LogP contribution in [-0.2, 0) is 0 Å². The molecule has 0 spiro atoms. The predicted molar refractivity (Wildman–Crippen MR) is 57.8 cm³/mol. The summed E-state index contributed by atoms with van der Waals surface area (Å²) in [6, 6.07) is 2.17. The molecule has 74 valence electrons. The Morgan fingerprint density at radius 2 is 2.21 bits per heavy atom. The molecular weight excluding hydrogens is 242 g/mol. The highest BCUT2D eigenvalue weighted by Gasteiger charge is 2.39. The molecular formula is C11H12BrNO. The minimum absolute atomic E-state index is 0.713. The van der Waals surface area contributed by atoms with Crippen LogP contribution in [0.25, 0.3) is 0 Å². The van der Waals surface area contributed by atoms with E-state index >= 15 is 0 Å². The van der Waals surface area contributed by atoms with Crippen LogP contribution in [0.3, 0.4) is 0 Å². The number of halogens is 1. The van der Waals surface area contributed by atoms with Crippen molar-refractivity contribution in [1.82, 2.24) is 4.98 Å². The maximum Gasteiger partial charge on any atom is 0.217 e. The maximum absolute atomic E-state index is 5.35. The molecule has 1 aromatic heterocycles. The molecule has 0 N–H and O–H groups in total. The van der Waals surface area contributed by atoms with Crippen LogP contribution in [0.1, 0.15) is 42.2 Å². The number of fused-ring (bicyclic) bond motifs is 5. The Morgan fingerprint density at radius 3 is 3.00 bits per heavy atom. The van der Waals surface area contributed by atoms with Gasteiger partial charge in [0.2, 0.25) is 5.88 Å². The number of hydrogen-bond acceptors (Lipinski definition) is 2. The number of methoxy groups -OCH3 is 1. The number of aromatic nitrogens is 1. The van der Waals surface area contributed by atoms with Gasteiger partial charge < -0.3 is 4.74 Å². The van der Waals surface area contributed by atoms with E-state index < -0.39 is 0 Å². The summed E-state index contributed by atoms with van der Waals surface area (Å²) in [6.07, 6.45) is 3.97. The van der Waals surface area contributed by atoms with E-state index in [1.54, 1.807) is 7.11 Å². The lowest BCUT2D eigenvalue weighted by Gasteiger charge is -2.17. The summed E-state index contributed by atoms with van der Waals surface area (Å²) in [7, 11) is 1.71. The largest absolute Gasteiger partial charge is 0.481 e. The van der Waals surface area contributed by atoms with E-state index in [2.05, 4.69) is 27.0 Å². The molecule has 1 fully saturated rings. The molecule has 3 rings (SSSR count). The highest BCUT2D eigenvalue weighted by Crippen LogP contribution is 2.55. The molecule has 1 aromatic rings. The van der Waals surface area contributed by atoms with E-state index in [1.165, 1.54) is 30.4 Å². The highest BCUT2D eigenvalue weighted by atomic mass is 79.9. The molecule has 2 aliphatic carbocycles. The molecule has 0 saturated heterocycles. The van der Waals surface area contributed by atoms with Crippen molar-refractivity contribution >= 4 is 15.9 Å². The Balaban J connectivity index is 2.22. The Morgan fingerprint density at radius 1 is 1.43 bits per heavy atom. The normalized spacial score (nSPS) is 27.9. The lowest BCUT2D eigenvalue weighted by Crippen LogP contribution is -2.03. The van der Waals surface area contributed by atoms with Crippen molar-refractivity contribution in [2.45, 2.75) is 31.1 Å². The van der Waals surface area contributed by atoms with Crippen LogP contribution in [0.5, 0.6) is 5.88 Å². The summed E-state index contributed by atoms with van der Waals surface area (Å²) < 4.78 is 6.25. The van der Waals surface area contributed by atoms with E-state index in [9.17, 15) is 0 Å². The molecule has 3 heteroatoms. The van der Waals surface area contributed by atoms with Gasteiger partial charge in [-0.3, -0.25) is 0 Å². The number of hydrogen-bond donors (Lipinski definition) is 0. The standard InChI is InChI=1S/C11H12BrNO/c1-14-11-10-7-3-2-6(4-7)8(10)5-9(12)13-11/h5-7H,2-4H2,1H3. The van der Waals surface area contributed by atoms with E-state index in [-0.39, 0.29) is 0 Å². The van der Waals surface area contributed by atoms with E-state index in [4.69, 9.17) is 4.74 Å². The SMILES string of the molecule is COc1nc(Br)cc2c1C1CCC2C1. The molecule has 1 saturated carbocycles. The Bertz CT molecular complexity index is 391. The Labute approximate surface area is 91.8 Å². The molecule has 2 unspecified atom stereocenters. The summed E-state index contributed by atoms with van der Waals surface area (Å²) in [5, 5.41) is 0. The maximum atomic E-state index is 5.35. The van der Waals surface area contributed by atoms with Gasteiger partial charge in [0.15, 0.2) is 0 Å². The van der Waals surface area contributed by atoms with Crippen molar-refractivity contribution in [3.8, 4) is 5.88 Å². The molecule has 1 heterocycles. The van der Waals surface area contributed by atoms with Crippen molar-refractivity contribution in [1.29, 1.82) is 0 Å². The molecule has 2 bridgehead atoms. The highest BCUT2D eigenvalue weighted by molar-refractivity contribution is 9.10. The predicted octanol–water partition coefficient (Wildman–Crippen LogP) is 3.22. The van der Waals surface area contributed by atoms with E-state index in [1.807, 2.05) is 0 Å². The van der Waals surface area contributed by atoms with Gasteiger partial charge in [0.1, 0.15) is 4.60 Å². The number of ether oxygens (including phenoxy) is 1. The van der Waals surface area contributed by atoms with Crippen LogP contribution in [0, 0.1) is 0 Å². The fraction of sp³-hybridized carbons (Fsp3) is 0.545. The summed E-state index contributed by atoms with van der Waals surface area (Å²) in [5.74, 6) is 2.32. The summed E-state index contributed by atoms with van der Waals surface area (Å²) in [4.78, 5) is 4.38. The lowest BCUT2D eigenvalue weighted by molar-refractivity contribution is 0.387. The molecule has 2 atom stereocenters. The zero-order valence-corrected chi connectivity index (χ0v) is 9.67. The first-order valence-electron chi connectivity index (χ1n) is 5.04. The van der Waals surface area contributed by atoms with Gasteiger partial charge in [-0.2, -0.15) is 0 Å². The van der Waals surface area contributed by atoms with Crippen LogP contribution < -0.4 is 4.74 Å². The second kappa shape index (κ2) is 2.96. The third-order valence-electron chi connectivity index (χ3n) is 3.50. The van der Waals surface area contributed by atoms with Gasteiger partial charge in [0, 0.05) is 5.56 Å². The van der Waals surface area contributed by atoms with Crippen molar-refractivity contribution in [3.05, 3.63) is 21.8 Å². The van der Waals surface area contributed by atoms with Crippen molar-refractivity contribution in [3.63, 3.8) is 0 Å². The average Bonchev–Trinajstić information content (AvgIpc) is 2.76. The zero-order valence-electron chi connectivity index (χ0n) is 8.09. The fourth-order valence-corrected chi connectivity index (χ4v) is 3.36. The molecule has 2 aliphatic rings. The van der Waals surface area contributed by atoms with Crippen LogP contribution >= 0.6 is 15.9 Å². The van der Waals surface area contributed by atoms with Gasteiger partial charge >= 0.3 is 0 Å². The minimum Gasteiger partial charge on any atom is -0.481 e. The van der Waals surface area contributed by atoms with E-state index in [0.717, 1.165) is 16.4 Å². The topological polar surface area (TPSA) is 22.1 Å². The second-order valence-electron chi connectivity index (χ2n) is 4.16.